The molecule has 2 N–H and O–H groups in total. The number of hydrogen-bond donors (Lipinski definition) is 2. The summed E-state index contributed by atoms with van der Waals surface area (Å²) in [4.78, 5) is 17.1. The summed E-state index contributed by atoms with van der Waals surface area (Å²) in [5.41, 5.74) is 6.36. The maximum absolute atomic E-state index is 12.5. The molecule has 0 saturated heterocycles. The van der Waals surface area contributed by atoms with Gasteiger partial charge < -0.3 is 14.8 Å². The van der Waals surface area contributed by atoms with Gasteiger partial charge in [0, 0.05) is 38.8 Å². The van der Waals surface area contributed by atoms with Crippen molar-refractivity contribution < 1.29 is 14.3 Å². The molecule has 7 nitrogen and oxygen atoms in total. The molecule has 0 aliphatic heterocycles. The maximum atomic E-state index is 12.5. The van der Waals surface area contributed by atoms with E-state index in [1.165, 1.54) is 17.6 Å². The molecule has 4 rings (SSSR count). The van der Waals surface area contributed by atoms with Crippen molar-refractivity contribution in [3.63, 3.8) is 0 Å². The Labute approximate surface area is 206 Å². The largest absolute Gasteiger partial charge is 0.497 e. The zero-order valence-corrected chi connectivity index (χ0v) is 20.0. The summed E-state index contributed by atoms with van der Waals surface area (Å²) in [6, 6.07) is 19.9. The predicted molar refractivity (Wildman–Crippen MR) is 137 cm³/mol. The zero-order chi connectivity index (χ0) is 23.9. The number of hydrogen-bond acceptors (Lipinski definition) is 7. The molecule has 34 heavy (non-hydrogen) atoms. The number of benzene rings is 3. The minimum absolute atomic E-state index is 0.321. The van der Waals surface area contributed by atoms with Crippen LogP contribution in [-0.4, -0.2) is 31.3 Å². The SMILES string of the molecule is COc1ccc(/C=N\NC(=O)c2ccc(-c3csc(Nc4ccc(Cl)cc4)n3)cc2)c(OC)c1. The third-order valence-corrected chi connectivity index (χ3v) is 5.86. The summed E-state index contributed by atoms with van der Waals surface area (Å²) < 4.78 is 10.5. The van der Waals surface area contributed by atoms with Crippen molar-refractivity contribution in [2.24, 2.45) is 5.10 Å². The number of halogens is 1. The minimum Gasteiger partial charge on any atom is -0.497 e. The van der Waals surface area contributed by atoms with Gasteiger partial charge in [-0.2, -0.15) is 5.10 Å². The van der Waals surface area contributed by atoms with E-state index in [2.05, 4.69) is 20.8 Å². The summed E-state index contributed by atoms with van der Waals surface area (Å²) in [7, 11) is 3.14. The second-order valence-corrected chi connectivity index (χ2v) is 8.35. The lowest BCUT2D eigenvalue weighted by Gasteiger charge is -2.07. The second-order valence-electron chi connectivity index (χ2n) is 7.05. The predicted octanol–water partition coefficient (Wildman–Crippen LogP) is 5.99. The monoisotopic (exact) mass is 492 g/mol. The van der Waals surface area contributed by atoms with Crippen LogP contribution in [0.15, 0.2) is 77.2 Å². The standard InChI is InChI=1S/C25H21ClN4O3S/c1-32-21-12-7-18(23(13-21)33-2)14-27-30-24(31)17-5-3-16(4-6-17)22-15-34-25(29-22)28-20-10-8-19(26)9-11-20/h3-15H,1-2H3,(H,28,29)(H,30,31)/b27-14-. The molecular formula is C25H21ClN4O3S. The number of nitrogens with one attached hydrogen (secondary N) is 2. The summed E-state index contributed by atoms with van der Waals surface area (Å²) in [6.07, 6.45) is 1.52. The molecule has 0 radical (unpaired) electrons. The minimum atomic E-state index is -0.321. The van der Waals surface area contributed by atoms with Crippen LogP contribution in [0.25, 0.3) is 11.3 Å². The summed E-state index contributed by atoms with van der Waals surface area (Å²) in [5, 5.41) is 10.7. The number of thiazole rings is 1. The fraction of sp³-hybridized carbons (Fsp3) is 0.0800. The van der Waals surface area contributed by atoms with E-state index in [0.29, 0.717) is 27.6 Å². The van der Waals surface area contributed by atoms with Gasteiger partial charge in [-0.15, -0.1) is 11.3 Å². The van der Waals surface area contributed by atoms with Crippen molar-refractivity contribution in [2.45, 2.75) is 0 Å². The van der Waals surface area contributed by atoms with Gasteiger partial charge in [-0.05, 0) is 48.5 Å². The number of rotatable bonds is 8. The van der Waals surface area contributed by atoms with E-state index in [9.17, 15) is 4.79 Å². The molecule has 0 aliphatic carbocycles. The summed E-state index contributed by atoms with van der Waals surface area (Å²) in [5.74, 6) is 0.944. The molecule has 172 valence electrons. The highest BCUT2D eigenvalue weighted by atomic mass is 35.5. The van der Waals surface area contributed by atoms with Crippen molar-refractivity contribution >= 4 is 45.9 Å². The smallest absolute Gasteiger partial charge is 0.271 e. The number of nitrogens with zero attached hydrogens (tertiary/aromatic N) is 2. The molecule has 4 aromatic rings. The van der Waals surface area contributed by atoms with Gasteiger partial charge in [0.15, 0.2) is 5.13 Å². The van der Waals surface area contributed by atoms with E-state index in [0.717, 1.165) is 22.1 Å². The van der Waals surface area contributed by atoms with Crippen LogP contribution in [0, 0.1) is 0 Å². The van der Waals surface area contributed by atoms with Gasteiger partial charge in [0.1, 0.15) is 11.5 Å². The topological polar surface area (TPSA) is 84.8 Å². The van der Waals surface area contributed by atoms with Crippen LogP contribution in [0.3, 0.4) is 0 Å². The molecule has 0 aliphatic rings. The molecule has 9 heteroatoms. The van der Waals surface area contributed by atoms with Crippen molar-refractivity contribution in [2.75, 3.05) is 19.5 Å². The van der Waals surface area contributed by atoms with Gasteiger partial charge in [-0.3, -0.25) is 4.79 Å². The van der Waals surface area contributed by atoms with Crippen LogP contribution in [0.1, 0.15) is 15.9 Å². The third-order valence-electron chi connectivity index (χ3n) is 4.85. The first-order valence-corrected chi connectivity index (χ1v) is 11.5. The number of carbonyl (C=O) groups is 1. The average Bonchev–Trinajstić information content (AvgIpc) is 3.34. The van der Waals surface area contributed by atoms with Crippen LogP contribution < -0.4 is 20.2 Å². The lowest BCUT2D eigenvalue weighted by molar-refractivity contribution is 0.0955. The van der Waals surface area contributed by atoms with Crippen LogP contribution in [0.5, 0.6) is 11.5 Å². The number of ether oxygens (including phenoxy) is 2. The Bertz CT molecular complexity index is 1300. The van der Waals surface area contributed by atoms with E-state index in [1.54, 1.807) is 44.6 Å². The highest BCUT2D eigenvalue weighted by molar-refractivity contribution is 7.14. The number of aromatic nitrogens is 1. The molecule has 0 saturated carbocycles. The molecule has 0 unspecified atom stereocenters. The Morgan fingerprint density at radius 1 is 1.03 bits per heavy atom. The molecule has 1 amide bonds. The first-order valence-electron chi connectivity index (χ1n) is 10.2. The van der Waals surface area contributed by atoms with Crippen molar-refractivity contribution in [1.82, 2.24) is 10.4 Å². The van der Waals surface area contributed by atoms with Gasteiger partial charge in [0.25, 0.3) is 5.91 Å². The lowest BCUT2D eigenvalue weighted by atomic mass is 10.1. The molecule has 0 spiro atoms. The lowest BCUT2D eigenvalue weighted by Crippen LogP contribution is -2.17. The molecule has 0 bridgehead atoms. The van der Waals surface area contributed by atoms with Crippen LogP contribution in [-0.2, 0) is 0 Å². The molecule has 3 aromatic carbocycles. The van der Waals surface area contributed by atoms with Gasteiger partial charge in [-0.1, -0.05) is 23.7 Å². The Morgan fingerprint density at radius 3 is 2.50 bits per heavy atom. The molecule has 1 aromatic heterocycles. The number of anilines is 2. The average molecular weight is 493 g/mol. The van der Waals surface area contributed by atoms with Crippen LogP contribution >= 0.6 is 22.9 Å². The van der Waals surface area contributed by atoms with E-state index < -0.39 is 0 Å². The normalized spacial score (nSPS) is 10.8. The Hall–Kier alpha value is -3.88. The molecular weight excluding hydrogens is 472 g/mol. The van der Waals surface area contributed by atoms with E-state index in [4.69, 9.17) is 21.1 Å². The van der Waals surface area contributed by atoms with E-state index >= 15 is 0 Å². The zero-order valence-electron chi connectivity index (χ0n) is 18.4. The third kappa shape index (κ3) is 5.72. The Balaban J connectivity index is 1.38. The molecule has 0 atom stereocenters. The Kier molecular flexibility index (Phi) is 7.41. The van der Waals surface area contributed by atoms with Crippen molar-refractivity contribution in [3.05, 3.63) is 88.3 Å². The second kappa shape index (κ2) is 10.8. The Morgan fingerprint density at radius 2 is 1.79 bits per heavy atom. The van der Waals surface area contributed by atoms with E-state index in [-0.39, 0.29) is 5.91 Å². The number of hydrazone groups is 1. The molecule has 1 heterocycles. The van der Waals surface area contributed by atoms with Gasteiger partial charge in [0.05, 0.1) is 26.1 Å². The first kappa shape index (κ1) is 23.3. The van der Waals surface area contributed by atoms with Gasteiger partial charge in [0.2, 0.25) is 0 Å². The quantitative estimate of drug-likeness (QED) is 0.233. The van der Waals surface area contributed by atoms with E-state index in [1.807, 2.05) is 41.8 Å². The first-order chi connectivity index (χ1) is 16.6. The number of carbonyl (C=O) groups excluding carboxylic acids is 1. The van der Waals surface area contributed by atoms with Crippen molar-refractivity contribution in [1.29, 1.82) is 0 Å². The van der Waals surface area contributed by atoms with Gasteiger partial charge in [-0.25, -0.2) is 10.4 Å². The summed E-state index contributed by atoms with van der Waals surface area (Å²) >= 11 is 7.42. The van der Waals surface area contributed by atoms with Gasteiger partial charge >= 0.3 is 0 Å². The highest BCUT2D eigenvalue weighted by Gasteiger charge is 2.09. The maximum Gasteiger partial charge on any atom is 0.271 e. The van der Waals surface area contributed by atoms with Crippen molar-refractivity contribution in [3.8, 4) is 22.8 Å². The molecule has 0 fully saturated rings. The highest BCUT2D eigenvalue weighted by Crippen LogP contribution is 2.28. The number of amides is 1. The number of methoxy groups -OCH3 is 2. The van der Waals surface area contributed by atoms with Crippen LogP contribution in [0.4, 0.5) is 10.8 Å². The van der Waals surface area contributed by atoms with Crippen LogP contribution in [0.2, 0.25) is 5.02 Å². The fourth-order valence-electron chi connectivity index (χ4n) is 3.06. The summed E-state index contributed by atoms with van der Waals surface area (Å²) in [6.45, 7) is 0. The fourth-order valence-corrected chi connectivity index (χ4v) is 3.93.